The van der Waals surface area contributed by atoms with Gasteiger partial charge in [0.15, 0.2) is 11.2 Å². The summed E-state index contributed by atoms with van der Waals surface area (Å²) in [5.74, 6) is -0.519. The third-order valence-corrected chi connectivity index (χ3v) is 6.95. The normalized spacial score (nSPS) is 16.3. The predicted molar refractivity (Wildman–Crippen MR) is 105 cm³/mol. The van der Waals surface area contributed by atoms with Gasteiger partial charge in [0.25, 0.3) is 5.91 Å². The van der Waals surface area contributed by atoms with Gasteiger partial charge >= 0.3 is 0 Å². The lowest BCUT2D eigenvalue weighted by Gasteiger charge is -2.25. The molecule has 0 fully saturated rings. The highest BCUT2D eigenvalue weighted by atomic mass is 32.2. The zero-order chi connectivity index (χ0) is 20.6. The van der Waals surface area contributed by atoms with Crippen molar-refractivity contribution in [1.82, 2.24) is 9.29 Å². The molecule has 0 radical (unpaired) electrons. The molecule has 2 heterocycles. The van der Waals surface area contributed by atoms with E-state index in [1.807, 2.05) is 0 Å². The van der Waals surface area contributed by atoms with E-state index in [4.69, 9.17) is 4.74 Å². The zero-order valence-electron chi connectivity index (χ0n) is 15.8. The molecular formula is C17H20N4O5S2. The third-order valence-electron chi connectivity index (χ3n) is 4.13. The summed E-state index contributed by atoms with van der Waals surface area (Å²) in [5, 5.41) is 7.46. The molecule has 1 aromatic heterocycles. The molecule has 3 rings (SSSR count). The van der Waals surface area contributed by atoms with Gasteiger partial charge in [0.05, 0.1) is 22.8 Å². The number of thiazole rings is 1. The molecular weight excluding hydrogens is 404 g/mol. The average Bonchev–Trinajstić information content (AvgIpc) is 3.00. The topological polar surface area (TPSA) is 118 Å². The summed E-state index contributed by atoms with van der Waals surface area (Å²) < 4.78 is 32.4. The summed E-state index contributed by atoms with van der Waals surface area (Å²) in [6.45, 7) is 4.62. The number of aryl methyl sites for hydroxylation is 2. The van der Waals surface area contributed by atoms with Crippen molar-refractivity contribution in [2.45, 2.75) is 31.8 Å². The largest absolute Gasteiger partial charge is 0.479 e. The summed E-state index contributed by atoms with van der Waals surface area (Å²) in [6.07, 6.45) is -0.726. The molecule has 28 heavy (non-hydrogen) atoms. The van der Waals surface area contributed by atoms with Crippen LogP contribution in [0.3, 0.4) is 0 Å². The fourth-order valence-electron chi connectivity index (χ4n) is 2.65. The van der Waals surface area contributed by atoms with Crippen molar-refractivity contribution in [2.24, 2.45) is 0 Å². The number of nitrogens with one attached hydrogen (secondary N) is 2. The molecule has 0 unspecified atom stereocenters. The molecule has 0 bridgehead atoms. The van der Waals surface area contributed by atoms with Gasteiger partial charge in [-0.2, -0.15) is 4.31 Å². The highest BCUT2D eigenvalue weighted by Crippen LogP contribution is 2.35. The quantitative estimate of drug-likeness (QED) is 0.755. The number of fused-ring (bicyclic) bond motifs is 1. The first-order valence-electron chi connectivity index (χ1n) is 8.38. The van der Waals surface area contributed by atoms with Crippen LogP contribution in [0.15, 0.2) is 22.4 Å². The summed E-state index contributed by atoms with van der Waals surface area (Å²) in [6, 6.07) is 2.91. The molecule has 11 heteroatoms. The highest BCUT2D eigenvalue weighted by Gasteiger charge is 2.30. The van der Waals surface area contributed by atoms with Crippen molar-refractivity contribution in [3.63, 3.8) is 0 Å². The second-order valence-electron chi connectivity index (χ2n) is 6.47. The molecule has 0 spiro atoms. The lowest BCUT2D eigenvalue weighted by atomic mass is 10.1. The van der Waals surface area contributed by atoms with Gasteiger partial charge in [0.1, 0.15) is 5.75 Å². The maximum Gasteiger partial charge on any atom is 0.265 e. The van der Waals surface area contributed by atoms with Crippen LogP contribution in [0.5, 0.6) is 5.75 Å². The third kappa shape index (κ3) is 4.01. The Kier molecular flexibility index (Phi) is 5.41. The number of sulfonamides is 1. The predicted octanol–water partition coefficient (Wildman–Crippen LogP) is 1.74. The summed E-state index contributed by atoms with van der Waals surface area (Å²) in [5.41, 5.74) is 1.62. The van der Waals surface area contributed by atoms with Crippen LogP contribution >= 0.6 is 11.3 Å². The SMILES string of the molecule is Cc1csc(NC(=O)CN(C)S(=O)(=O)c2cc3c(cc2C)NC(=O)[C@@H](C)O3)n1. The molecule has 1 aliphatic heterocycles. The first-order chi connectivity index (χ1) is 13.1. The molecule has 150 valence electrons. The van der Waals surface area contributed by atoms with Crippen LogP contribution in [-0.2, 0) is 19.6 Å². The molecule has 0 aliphatic carbocycles. The number of ether oxygens (including phenoxy) is 1. The van der Waals surface area contributed by atoms with E-state index in [2.05, 4.69) is 15.6 Å². The lowest BCUT2D eigenvalue weighted by molar-refractivity contribution is -0.122. The van der Waals surface area contributed by atoms with Crippen molar-refractivity contribution in [3.8, 4) is 5.75 Å². The molecule has 2 amide bonds. The Bertz CT molecular complexity index is 1050. The zero-order valence-corrected chi connectivity index (χ0v) is 17.4. The number of rotatable bonds is 5. The smallest absolute Gasteiger partial charge is 0.265 e. The molecule has 0 saturated carbocycles. The monoisotopic (exact) mass is 424 g/mol. The Hall–Kier alpha value is -2.50. The lowest BCUT2D eigenvalue weighted by Crippen LogP contribution is -2.36. The van der Waals surface area contributed by atoms with E-state index in [0.717, 1.165) is 10.00 Å². The van der Waals surface area contributed by atoms with Crippen LogP contribution in [0.4, 0.5) is 10.8 Å². The maximum atomic E-state index is 13.0. The van der Waals surface area contributed by atoms with E-state index >= 15 is 0 Å². The van der Waals surface area contributed by atoms with Gasteiger partial charge in [0, 0.05) is 18.5 Å². The van der Waals surface area contributed by atoms with Crippen molar-refractivity contribution in [2.75, 3.05) is 24.2 Å². The van der Waals surface area contributed by atoms with Crippen LogP contribution < -0.4 is 15.4 Å². The second kappa shape index (κ2) is 7.49. The fourth-order valence-corrected chi connectivity index (χ4v) is 4.70. The van der Waals surface area contributed by atoms with E-state index < -0.39 is 22.0 Å². The number of carbonyl (C=O) groups is 2. The standard InChI is InChI=1S/C17H20N4O5S2/c1-9-5-12-13(26-11(3)16(23)19-12)6-14(9)28(24,25)21(4)7-15(22)20-17-18-10(2)8-27-17/h5-6,8,11H,7H2,1-4H3,(H,19,23)(H,18,20,22)/t11-/m1/s1. The number of hydrogen-bond acceptors (Lipinski definition) is 7. The number of carbonyl (C=O) groups excluding carboxylic acids is 2. The number of amides is 2. The minimum absolute atomic E-state index is 0.00925. The maximum absolute atomic E-state index is 13.0. The summed E-state index contributed by atoms with van der Waals surface area (Å²) in [7, 11) is -2.63. The fraction of sp³-hybridized carbons (Fsp3) is 0.353. The van der Waals surface area contributed by atoms with Gasteiger partial charge < -0.3 is 15.4 Å². The van der Waals surface area contributed by atoms with Crippen LogP contribution in [0.2, 0.25) is 0 Å². The van der Waals surface area contributed by atoms with Crippen LogP contribution in [0.1, 0.15) is 18.2 Å². The first kappa shape index (κ1) is 20.2. The van der Waals surface area contributed by atoms with E-state index in [9.17, 15) is 18.0 Å². The Labute approximate surface area is 166 Å². The van der Waals surface area contributed by atoms with Crippen molar-refractivity contribution >= 4 is 44.0 Å². The number of hydrogen-bond donors (Lipinski definition) is 2. The van der Waals surface area contributed by atoms with Gasteiger partial charge in [0.2, 0.25) is 15.9 Å². The number of anilines is 2. The van der Waals surface area contributed by atoms with Gasteiger partial charge in [-0.25, -0.2) is 13.4 Å². The van der Waals surface area contributed by atoms with Gasteiger partial charge in [-0.15, -0.1) is 11.3 Å². The molecule has 2 aromatic rings. The Morgan fingerprint density at radius 2 is 2.11 bits per heavy atom. The van der Waals surface area contributed by atoms with Crippen molar-refractivity contribution in [3.05, 3.63) is 28.8 Å². The van der Waals surface area contributed by atoms with E-state index in [-0.39, 0.29) is 23.1 Å². The van der Waals surface area contributed by atoms with Crippen LogP contribution in [-0.4, -0.2) is 49.2 Å². The summed E-state index contributed by atoms with van der Waals surface area (Å²) >= 11 is 1.27. The second-order valence-corrected chi connectivity index (χ2v) is 9.34. The Morgan fingerprint density at radius 1 is 1.39 bits per heavy atom. The molecule has 1 atom stereocenters. The van der Waals surface area contributed by atoms with Crippen molar-refractivity contribution < 1.29 is 22.7 Å². The number of benzene rings is 1. The number of aromatic nitrogens is 1. The average molecular weight is 425 g/mol. The van der Waals surface area contributed by atoms with Gasteiger partial charge in [-0.1, -0.05) is 0 Å². The minimum Gasteiger partial charge on any atom is -0.479 e. The number of likely N-dealkylation sites (N-methyl/N-ethyl adjacent to an activating group) is 1. The van der Waals surface area contributed by atoms with Gasteiger partial charge in [-0.3, -0.25) is 9.59 Å². The molecule has 0 saturated heterocycles. The first-order valence-corrected chi connectivity index (χ1v) is 10.7. The molecule has 9 nitrogen and oxygen atoms in total. The molecule has 2 N–H and O–H groups in total. The van der Waals surface area contributed by atoms with E-state index in [1.165, 1.54) is 30.5 Å². The van der Waals surface area contributed by atoms with Crippen molar-refractivity contribution in [1.29, 1.82) is 0 Å². The molecule has 1 aromatic carbocycles. The Balaban J connectivity index is 1.80. The minimum atomic E-state index is -3.95. The van der Waals surface area contributed by atoms with Crippen LogP contribution in [0, 0.1) is 13.8 Å². The Morgan fingerprint density at radius 3 is 2.75 bits per heavy atom. The van der Waals surface area contributed by atoms with Crippen LogP contribution in [0.25, 0.3) is 0 Å². The van der Waals surface area contributed by atoms with E-state index in [0.29, 0.717) is 16.4 Å². The van der Waals surface area contributed by atoms with E-state index in [1.54, 1.807) is 26.2 Å². The number of nitrogens with zero attached hydrogens (tertiary/aromatic N) is 2. The molecule has 1 aliphatic rings. The summed E-state index contributed by atoms with van der Waals surface area (Å²) in [4.78, 5) is 28.0. The van der Waals surface area contributed by atoms with Gasteiger partial charge in [-0.05, 0) is 32.4 Å². The highest BCUT2D eigenvalue weighted by molar-refractivity contribution is 7.89.